The van der Waals surface area contributed by atoms with Crippen LogP contribution in [-0.2, 0) is 6.18 Å². The number of hydrogen-bond donors (Lipinski definition) is 0. The Morgan fingerprint density at radius 1 is 1.31 bits per heavy atom. The zero-order valence-electron chi connectivity index (χ0n) is 6.86. The van der Waals surface area contributed by atoms with E-state index in [1.165, 1.54) is 6.07 Å². The van der Waals surface area contributed by atoms with Gasteiger partial charge >= 0.3 is 6.18 Å². The third kappa shape index (κ3) is 1.69. The smallest absolute Gasteiger partial charge is 0.166 e. The van der Waals surface area contributed by atoms with Gasteiger partial charge in [0.15, 0.2) is 0 Å². The maximum atomic E-state index is 12.4. The monoisotopic (exact) mass is 185 g/mol. The molecule has 0 atom stereocenters. The van der Waals surface area contributed by atoms with Crippen molar-refractivity contribution in [3.63, 3.8) is 0 Å². The van der Waals surface area contributed by atoms with Crippen molar-refractivity contribution in [1.82, 2.24) is 0 Å². The van der Waals surface area contributed by atoms with Gasteiger partial charge in [-0.15, -0.1) is 0 Å². The predicted octanol–water partition coefficient (Wildman–Crippen LogP) is 3.38. The molecular formula is C10H8F3. The molecule has 1 saturated carbocycles. The Labute approximate surface area is 74.4 Å². The van der Waals surface area contributed by atoms with Gasteiger partial charge in [-0.1, -0.05) is 12.1 Å². The number of halogens is 3. The van der Waals surface area contributed by atoms with E-state index < -0.39 is 11.7 Å². The van der Waals surface area contributed by atoms with Crippen LogP contribution >= 0.6 is 0 Å². The number of hydrogen-bond acceptors (Lipinski definition) is 0. The molecule has 69 valence electrons. The molecule has 2 rings (SSSR count). The molecule has 13 heavy (non-hydrogen) atoms. The van der Waals surface area contributed by atoms with Gasteiger partial charge in [-0.25, -0.2) is 0 Å². The standard InChI is InChI=1S/C10H8F3/c11-10(12,13)9-4-2-1-3-8(9)7-5-6-7/h1-2,4,7H,5-6H2. The van der Waals surface area contributed by atoms with E-state index in [4.69, 9.17) is 0 Å². The molecule has 0 heterocycles. The van der Waals surface area contributed by atoms with E-state index in [9.17, 15) is 13.2 Å². The molecule has 0 aliphatic heterocycles. The van der Waals surface area contributed by atoms with E-state index in [1.54, 1.807) is 6.07 Å². The summed E-state index contributed by atoms with van der Waals surface area (Å²) in [4.78, 5) is 0. The molecule has 1 fully saturated rings. The summed E-state index contributed by atoms with van der Waals surface area (Å²) in [6.45, 7) is 0. The lowest BCUT2D eigenvalue weighted by Crippen LogP contribution is -2.08. The molecule has 1 aromatic rings. The van der Waals surface area contributed by atoms with Gasteiger partial charge in [-0.3, -0.25) is 0 Å². The predicted molar refractivity (Wildman–Crippen MR) is 42.3 cm³/mol. The van der Waals surface area contributed by atoms with Crippen molar-refractivity contribution in [3.8, 4) is 0 Å². The topological polar surface area (TPSA) is 0 Å². The summed E-state index contributed by atoms with van der Waals surface area (Å²) < 4.78 is 37.2. The first-order valence-electron chi connectivity index (χ1n) is 4.17. The minimum atomic E-state index is -4.23. The van der Waals surface area contributed by atoms with Crippen LogP contribution < -0.4 is 0 Å². The van der Waals surface area contributed by atoms with Gasteiger partial charge in [-0.2, -0.15) is 13.2 Å². The van der Waals surface area contributed by atoms with Gasteiger partial charge in [-0.05, 0) is 36.5 Å². The average molecular weight is 185 g/mol. The van der Waals surface area contributed by atoms with Crippen LogP contribution in [0, 0.1) is 6.07 Å². The lowest BCUT2D eigenvalue weighted by atomic mass is 10.0. The molecule has 3 heteroatoms. The number of benzene rings is 1. The summed E-state index contributed by atoms with van der Waals surface area (Å²) >= 11 is 0. The van der Waals surface area contributed by atoms with Crippen LogP contribution in [0.2, 0.25) is 0 Å². The summed E-state index contributed by atoms with van der Waals surface area (Å²) in [5, 5.41) is 0. The number of alkyl halides is 3. The highest BCUT2D eigenvalue weighted by Crippen LogP contribution is 2.45. The second-order valence-electron chi connectivity index (χ2n) is 3.27. The second-order valence-corrected chi connectivity index (χ2v) is 3.27. The summed E-state index contributed by atoms with van der Waals surface area (Å²) in [5.41, 5.74) is -0.174. The Morgan fingerprint density at radius 3 is 2.54 bits per heavy atom. The maximum absolute atomic E-state index is 12.4. The molecule has 0 spiro atoms. The molecule has 1 aliphatic carbocycles. The van der Waals surface area contributed by atoms with Gasteiger partial charge in [0.1, 0.15) is 0 Å². The molecule has 1 radical (unpaired) electrons. The number of rotatable bonds is 1. The van der Waals surface area contributed by atoms with Crippen LogP contribution in [0.3, 0.4) is 0 Å². The molecule has 1 aliphatic rings. The Balaban J connectivity index is 2.43. The van der Waals surface area contributed by atoms with E-state index >= 15 is 0 Å². The van der Waals surface area contributed by atoms with Gasteiger partial charge in [0.2, 0.25) is 0 Å². The van der Waals surface area contributed by atoms with Crippen molar-refractivity contribution >= 4 is 0 Å². The third-order valence-corrected chi connectivity index (χ3v) is 2.18. The van der Waals surface area contributed by atoms with E-state index in [1.807, 2.05) is 0 Å². The quantitative estimate of drug-likeness (QED) is 0.629. The fourth-order valence-corrected chi connectivity index (χ4v) is 1.41. The van der Waals surface area contributed by atoms with Gasteiger partial charge < -0.3 is 0 Å². The normalized spacial score (nSPS) is 17.5. The largest absolute Gasteiger partial charge is 0.416 e. The maximum Gasteiger partial charge on any atom is 0.416 e. The fourth-order valence-electron chi connectivity index (χ4n) is 1.41. The minimum Gasteiger partial charge on any atom is -0.166 e. The first-order valence-corrected chi connectivity index (χ1v) is 4.17. The summed E-state index contributed by atoms with van der Waals surface area (Å²) in [6, 6.07) is 6.74. The van der Waals surface area contributed by atoms with Crippen molar-refractivity contribution in [2.45, 2.75) is 24.9 Å². The molecule has 0 nitrogen and oxygen atoms in total. The van der Waals surface area contributed by atoms with E-state index in [2.05, 4.69) is 6.07 Å². The molecule has 0 amide bonds. The Hall–Kier alpha value is -0.990. The van der Waals surface area contributed by atoms with E-state index in [0.717, 1.165) is 18.9 Å². The molecule has 1 aromatic carbocycles. The molecule has 0 saturated heterocycles. The summed E-state index contributed by atoms with van der Waals surface area (Å²) in [5.74, 6) is 0.0952. The van der Waals surface area contributed by atoms with Crippen molar-refractivity contribution in [2.24, 2.45) is 0 Å². The van der Waals surface area contributed by atoms with Gasteiger partial charge in [0, 0.05) is 0 Å². The van der Waals surface area contributed by atoms with E-state index in [0.29, 0.717) is 5.56 Å². The fraction of sp³-hybridized carbons (Fsp3) is 0.400. The SMILES string of the molecule is FC(F)(F)c1ccc[c]c1C1CC1. The van der Waals surface area contributed by atoms with Crippen LogP contribution in [0.25, 0.3) is 0 Å². The summed E-state index contributed by atoms with van der Waals surface area (Å²) in [7, 11) is 0. The van der Waals surface area contributed by atoms with Gasteiger partial charge in [0.25, 0.3) is 0 Å². The highest BCUT2D eigenvalue weighted by molar-refractivity contribution is 5.34. The first-order chi connectivity index (χ1) is 6.09. The molecule has 0 bridgehead atoms. The van der Waals surface area contributed by atoms with Crippen molar-refractivity contribution in [1.29, 1.82) is 0 Å². The zero-order valence-corrected chi connectivity index (χ0v) is 6.86. The zero-order chi connectivity index (χ0) is 9.47. The lowest BCUT2D eigenvalue weighted by Gasteiger charge is -2.10. The van der Waals surface area contributed by atoms with Crippen LogP contribution in [0.1, 0.15) is 29.9 Å². The summed E-state index contributed by atoms with van der Waals surface area (Å²) in [6.07, 6.45) is -2.50. The Morgan fingerprint density at radius 2 is 2.00 bits per heavy atom. The van der Waals surface area contributed by atoms with E-state index in [-0.39, 0.29) is 5.92 Å². The van der Waals surface area contributed by atoms with Gasteiger partial charge in [0.05, 0.1) is 5.56 Å². The first kappa shape index (κ1) is 8.60. The highest BCUT2D eigenvalue weighted by Gasteiger charge is 2.37. The van der Waals surface area contributed by atoms with Crippen LogP contribution in [-0.4, -0.2) is 0 Å². The van der Waals surface area contributed by atoms with Crippen LogP contribution in [0.5, 0.6) is 0 Å². The Kier molecular flexibility index (Phi) is 1.82. The second kappa shape index (κ2) is 2.76. The van der Waals surface area contributed by atoms with Crippen molar-refractivity contribution in [3.05, 3.63) is 35.4 Å². The van der Waals surface area contributed by atoms with Crippen molar-refractivity contribution < 1.29 is 13.2 Å². The highest BCUT2D eigenvalue weighted by atomic mass is 19.4. The molecule has 0 N–H and O–H groups in total. The van der Waals surface area contributed by atoms with Crippen molar-refractivity contribution in [2.75, 3.05) is 0 Å². The Bertz CT molecular complexity index is 310. The lowest BCUT2D eigenvalue weighted by molar-refractivity contribution is -0.138. The minimum absolute atomic E-state index is 0.0952. The third-order valence-electron chi connectivity index (χ3n) is 2.18. The molecule has 0 aromatic heterocycles. The molecular weight excluding hydrogens is 177 g/mol. The average Bonchev–Trinajstić information content (AvgIpc) is 2.85. The van der Waals surface area contributed by atoms with Crippen LogP contribution in [0.4, 0.5) is 13.2 Å². The molecule has 0 unspecified atom stereocenters. The van der Waals surface area contributed by atoms with Crippen LogP contribution in [0.15, 0.2) is 18.2 Å².